The van der Waals surface area contributed by atoms with Crippen LogP contribution < -0.4 is 10.1 Å². The Bertz CT molecular complexity index is 967. The molecule has 0 radical (unpaired) electrons. The molecular formula is C19H22N4O4S. The van der Waals surface area contributed by atoms with Crippen LogP contribution in [0.4, 0.5) is 0 Å². The summed E-state index contributed by atoms with van der Waals surface area (Å²) in [4.78, 5) is 23.1. The van der Waals surface area contributed by atoms with Crippen molar-refractivity contribution in [1.82, 2.24) is 20.2 Å². The molecule has 3 atom stereocenters. The summed E-state index contributed by atoms with van der Waals surface area (Å²) in [5.74, 6) is -0.316. The second-order valence-corrected chi connectivity index (χ2v) is 9.45. The van der Waals surface area contributed by atoms with Crippen LogP contribution in [0.25, 0.3) is 0 Å². The fraction of sp³-hybridized carbons (Fsp3) is 0.421. The van der Waals surface area contributed by atoms with Gasteiger partial charge < -0.3 is 10.1 Å². The number of fused-ring (bicyclic) bond motifs is 1. The Kier molecular flexibility index (Phi) is 5.03. The average Bonchev–Trinajstić information content (AvgIpc) is 3.21. The van der Waals surface area contributed by atoms with Gasteiger partial charge in [0.05, 0.1) is 23.8 Å². The highest BCUT2D eigenvalue weighted by atomic mass is 32.2. The highest BCUT2D eigenvalue weighted by molar-refractivity contribution is 7.92. The standard InChI is InChI=1S/C19H22N4O4S/c1-27-19-14(6-4-8-21-19)18(24)22-16-12-28(25,26)17-11-23(10-15(16)17)9-13-5-2-3-7-20-13/h2-8,15-17H,9-12H2,1H3,(H,22,24)/t15-,16+,17-/m0/s1. The molecule has 148 valence electrons. The predicted molar refractivity (Wildman–Crippen MR) is 103 cm³/mol. The molecule has 2 aliphatic heterocycles. The van der Waals surface area contributed by atoms with E-state index in [0.717, 1.165) is 5.69 Å². The van der Waals surface area contributed by atoms with E-state index < -0.39 is 21.1 Å². The third kappa shape index (κ3) is 3.59. The van der Waals surface area contributed by atoms with Gasteiger partial charge in [0.25, 0.3) is 5.91 Å². The van der Waals surface area contributed by atoms with Crippen LogP contribution in [0.2, 0.25) is 0 Å². The smallest absolute Gasteiger partial charge is 0.257 e. The van der Waals surface area contributed by atoms with Crippen LogP contribution in [0.15, 0.2) is 42.7 Å². The number of hydrogen-bond acceptors (Lipinski definition) is 7. The number of methoxy groups -OCH3 is 1. The van der Waals surface area contributed by atoms with Gasteiger partial charge in [0, 0.05) is 44.0 Å². The third-order valence-electron chi connectivity index (χ3n) is 5.41. The van der Waals surface area contributed by atoms with Crippen molar-refractivity contribution in [2.24, 2.45) is 5.92 Å². The number of carbonyl (C=O) groups excluding carboxylic acids is 1. The van der Waals surface area contributed by atoms with E-state index in [1.807, 2.05) is 18.2 Å². The van der Waals surface area contributed by atoms with Gasteiger partial charge in [-0.05, 0) is 24.3 Å². The van der Waals surface area contributed by atoms with Gasteiger partial charge >= 0.3 is 0 Å². The first-order valence-electron chi connectivity index (χ1n) is 9.11. The van der Waals surface area contributed by atoms with E-state index >= 15 is 0 Å². The summed E-state index contributed by atoms with van der Waals surface area (Å²) in [6, 6.07) is 8.53. The fourth-order valence-electron chi connectivity index (χ4n) is 4.11. The Labute approximate surface area is 163 Å². The van der Waals surface area contributed by atoms with Crippen molar-refractivity contribution < 1.29 is 17.9 Å². The fourth-order valence-corrected chi connectivity index (χ4v) is 6.44. The number of sulfone groups is 1. The Hall–Kier alpha value is -2.52. The number of ether oxygens (including phenoxy) is 1. The first kappa shape index (κ1) is 18.8. The van der Waals surface area contributed by atoms with Crippen molar-refractivity contribution in [1.29, 1.82) is 0 Å². The lowest BCUT2D eigenvalue weighted by atomic mass is 10.00. The predicted octanol–water partition coefficient (Wildman–Crippen LogP) is 0.513. The molecule has 4 rings (SSSR count). The largest absolute Gasteiger partial charge is 0.480 e. The summed E-state index contributed by atoms with van der Waals surface area (Å²) in [7, 11) is -1.82. The first-order chi connectivity index (χ1) is 13.5. The molecule has 2 aromatic rings. The van der Waals surface area contributed by atoms with Crippen LogP contribution in [0, 0.1) is 5.92 Å². The zero-order chi connectivity index (χ0) is 19.7. The van der Waals surface area contributed by atoms with Crippen LogP contribution in [0.5, 0.6) is 5.88 Å². The zero-order valence-electron chi connectivity index (χ0n) is 15.5. The molecule has 0 bridgehead atoms. The van der Waals surface area contributed by atoms with Gasteiger partial charge in [-0.3, -0.25) is 14.7 Å². The molecule has 1 amide bonds. The van der Waals surface area contributed by atoms with E-state index in [1.165, 1.54) is 13.3 Å². The van der Waals surface area contributed by atoms with Gasteiger partial charge in [-0.25, -0.2) is 13.4 Å². The molecule has 4 heterocycles. The molecule has 0 aliphatic carbocycles. The molecule has 2 aliphatic rings. The lowest BCUT2D eigenvalue weighted by Crippen LogP contribution is -2.42. The van der Waals surface area contributed by atoms with E-state index in [-0.39, 0.29) is 23.5 Å². The van der Waals surface area contributed by atoms with Crippen molar-refractivity contribution in [3.8, 4) is 5.88 Å². The highest BCUT2D eigenvalue weighted by Crippen LogP contribution is 2.35. The third-order valence-corrected chi connectivity index (χ3v) is 7.66. The Balaban J connectivity index is 1.49. The summed E-state index contributed by atoms with van der Waals surface area (Å²) < 4.78 is 30.5. The first-order valence-corrected chi connectivity index (χ1v) is 10.8. The van der Waals surface area contributed by atoms with Crippen LogP contribution in [-0.4, -0.2) is 66.4 Å². The molecular weight excluding hydrogens is 380 g/mol. The number of amides is 1. The molecule has 28 heavy (non-hydrogen) atoms. The maximum absolute atomic E-state index is 12.7. The number of rotatable bonds is 5. The summed E-state index contributed by atoms with van der Waals surface area (Å²) >= 11 is 0. The molecule has 0 aromatic carbocycles. The van der Waals surface area contributed by atoms with Crippen molar-refractivity contribution in [2.45, 2.75) is 17.8 Å². The molecule has 9 heteroatoms. The van der Waals surface area contributed by atoms with E-state index in [4.69, 9.17) is 4.74 Å². The van der Waals surface area contributed by atoms with Crippen molar-refractivity contribution in [3.05, 3.63) is 54.0 Å². The van der Waals surface area contributed by atoms with E-state index in [2.05, 4.69) is 20.2 Å². The Morgan fingerprint density at radius 2 is 2.04 bits per heavy atom. The number of nitrogens with zero attached hydrogens (tertiary/aromatic N) is 3. The normalized spacial score (nSPS) is 26.0. The second kappa shape index (κ2) is 7.48. The number of likely N-dealkylation sites (tertiary alicyclic amines) is 1. The van der Waals surface area contributed by atoms with Gasteiger partial charge in [-0.2, -0.15) is 0 Å². The summed E-state index contributed by atoms with van der Waals surface area (Å²) in [6.45, 7) is 1.67. The van der Waals surface area contributed by atoms with Crippen LogP contribution in [0.3, 0.4) is 0 Å². The SMILES string of the molecule is COc1ncccc1C(=O)N[C@@H]1CS(=O)(=O)[C@H]2CN(Cc3ccccn3)C[C@@H]12. The summed E-state index contributed by atoms with van der Waals surface area (Å²) in [5.41, 5.74) is 1.20. The molecule has 2 saturated heterocycles. The van der Waals surface area contributed by atoms with Crippen LogP contribution in [-0.2, 0) is 16.4 Å². The lowest BCUT2D eigenvalue weighted by Gasteiger charge is -2.21. The number of hydrogen-bond donors (Lipinski definition) is 1. The van der Waals surface area contributed by atoms with Crippen molar-refractivity contribution in [3.63, 3.8) is 0 Å². The van der Waals surface area contributed by atoms with Crippen LogP contribution >= 0.6 is 0 Å². The quantitative estimate of drug-likeness (QED) is 0.778. The molecule has 0 spiro atoms. The van der Waals surface area contributed by atoms with Gasteiger partial charge in [0.15, 0.2) is 9.84 Å². The molecule has 0 saturated carbocycles. The molecule has 0 unspecified atom stereocenters. The minimum absolute atomic E-state index is 0.0337. The monoisotopic (exact) mass is 402 g/mol. The highest BCUT2D eigenvalue weighted by Gasteiger charge is 2.52. The number of carbonyl (C=O) groups is 1. The second-order valence-electron chi connectivity index (χ2n) is 7.19. The number of aromatic nitrogens is 2. The van der Waals surface area contributed by atoms with E-state index in [0.29, 0.717) is 25.2 Å². The molecule has 1 N–H and O–H groups in total. The zero-order valence-corrected chi connectivity index (χ0v) is 16.3. The summed E-state index contributed by atoms with van der Waals surface area (Å²) in [5, 5.41) is 2.44. The summed E-state index contributed by atoms with van der Waals surface area (Å²) in [6.07, 6.45) is 3.27. The minimum atomic E-state index is -3.27. The molecule has 8 nitrogen and oxygen atoms in total. The Morgan fingerprint density at radius 3 is 2.79 bits per heavy atom. The minimum Gasteiger partial charge on any atom is -0.480 e. The number of pyridine rings is 2. The maximum Gasteiger partial charge on any atom is 0.257 e. The molecule has 2 aromatic heterocycles. The van der Waals surface area contributed by atoms with Crippen molar-refractivity contribution in [2.75, 3.05) is 26.0 Å². The van der Waals surface area contributed by atoms with Crippen LogP contribution in [0.1, 0.15) is 16.1 Å². The molecule has 2 fully saturated rings. The van der Waals surface area contributed by atoms with E-state index in [1.54, 1.807) is 18.3 Å². The van der Waals surface area contributed by atoms with E-state index in [9.17, 15) is 13.2 Å². The maximum atomic E-state index is 12.7. The lowest BCUT2D eigenvalue weighted by molar-refractivity contribution is 0.0926. The Morgan fingerprint density at radius 1 is 1.21 bits per heavy atom. The average molecular weight is 402 g/mol. The van der Waals surface area contributed by atoms with Gasteiger partial charge in [0.2, 0.25) is 5.88 Å². The van der Waals surface area contributed by atoms with Gasteiger partial charge in [-0.1, -0.05) is 6.07 Å². The topological polar surface area (TPSA) is 101 Å². The van der Waals surface area contributed by atoms with Crippen molar-refractivity contribution >= 4 is 15.7 Å². The van der Waals surface area contributed by atoms with Gasteiger partial charge in [0.1, 0.15) is 5.56 Å². The van der Waals surface area contributed by atoms with Gasteiger partial charge in [-0.15, -0.1) is 0 Å². The number of nitrogens with one attached hydrogen (secondary N) is 1.